The van der Waals surface area contributed by atoms with Crippen LogP contribution >= 0.6 is 0 Å². The van der Waals surface area contributed by atoms with Gasteiger partial charge in [0.05, 0.1) is 17.7 Å². The molecule has 100 valence electrons. The van der Waals surface area contributed by atoms with Crippen molar-refractivity contribution < 1.29 is 13.2 Å². The third-order valence-corrected chi connectivity index (χ3v) is 4.91. The first-order chi connectivity index (χ1) is 8.36. The van der Waals surface area contributed by atoms with Gasteiger partial charge in [-0.15, -0.1) is 0 Å². The van der Waals surface area contributed by atoms with Crippen molar-refractivity contribution in [2.45, 2.75) is 37.6 Å². The van der Waals surface area contributed by atoms with Crippen molar-refractivity contribution in [3.63, 3.8) is 0 Å². The van der Waals surface area contributed by atoms with E-state index in [2.05, 4.69) is 4.72 Å². The van der Waals surface area contributed by atoms with E-state index in [0.29, 0.717) is 22.6 Å². The van der Waals surface area contributed by atoms with Crippen molar-refractivity contribution in [1.82, 2.24) is 4.72 Å². The van der Waals surface area contributed by atoms with Crippen molar-refractivity contribution in [3.05, 3.63) is 17.2 Å². The van der Waals surface area contributed by atoms with Crippen LogP contribution in [0.25, 0.3) is 0 Å². The second kappa shape index (κ2) is 4.44. The number of hydrogen-bond acceptors (Lipinski definition) is 4. The van der Waals surface area contributed by atoms with Crippen molar-refractivity contribution >= 4 is 15.7 Å². The highest BCUT2D eigenvalue weighted by molar-refractivity contribution is 7.89. The van der Waals surface area contributed by atoms with Gasteiger partial charge < -0.3 is 10.5 Å². The summed E-state index contributed by atoms with van der Waals surface area (Å²) in [7, 11) is -1.98. The summed E-state index contributed by atoms with van der Waals surface area (Å²) in [6.45, 7) is 3.45. The molecule has 0 amide bonds. The lowest BCUT2D eigenvalue weighted by molar-refractivity contribution is 0.416. The van der Waals surface area contributed by atoms with E-state index in [1.54, 1.807) is 19.9 Å². The largest absolute Gasteiger partial charge is 0.495 e. The highest BCUT2D eigenvalue weighted by atomic mass is 32.2. The number of aryl methyl sites for hydroxylation is 1. The fraction of sp³-hybridized carbons (Fsp3) is 0.500. The summed E-state index contributed by atoms with van der Waals surface area (Å²) in [6, 6.07) is 1.74. The Morgan fingerprint density at radius 2 is 2.00 bits per heavy atom. The van der Waals surface area contributed by atoms with E-state index in [4.69, 9.17) is 10.5 Å². The van der Waals surface area contributed by atoms with Crippen LogP contribution in [0.4, 0.5) is 5.69 Å². The Kier molecular flexibility index (Phi) is 3.25. The number of ether oxygens (including phenoxy) is 1. The quantitative estimate of drug-likeness (QED) is 0.809. The molecule has 6 heteroatoms. The molecule has 5 nitrogen and oxygen atoms in total. The van der Waals surface area contributed by atoms with Crippen LogP contribution < -0.4 is 15.2 Å². The Labute approximate surface area is 107 Å². The standard InChI is InChI=1S/C12H18N2O3S/c1-7-6-10(17-3)11(13)8(2)12(7)18(15,16)14-9-4-5-9/h6,9,14H,4-5,13H2,1-3H3. The minimum Gasteiger partial charge on any atom is -0.495 e. The van der Waals surface area contributed by atoms with Gasteiger partial charge in [-0.2, -0.15) is 0 Å². The zero-order valence-electron chi connectivity index (χ0n) is 10.8. The Morgan fingerprint density at radius 1 is 1.39 bits per heavy atom. The van der Waals surface area contributed by atoms with Gasteiger partial charge in [-0.25, -0.2) is 13.1 Å². The molecule has 18 heavy (non-hydrogen) atoms. The smallest absolute Gasteiger partial charge is 0.241 e. The van der Waals surface area contributed by atoms with Crippen molar-refractivity contribution in [2.75, 3.05) is 12.8 Å². The summed E-state index contributed by atoms with van der Waals surface area (Å²) in [6.07, 6.45) is 1.81. The average Bonchev–Trinajstić information content (AvgIpc) is 3.06. The van der Waals surface area contributed by atoms with Crippen LogP contribution in [0.1, 0.15) is 24.0 Å². The molecule has 2 rings (SSSR count). The van der Waals surface area contributed by atoms with Crippen molar-refractivity contribution in [1.29, 1.82) is 0 Å². The Morgan fingerprint density at radius 3 is 2.50 bits per heavy atom. The zero-order chi connectivity index (χ0) is 13.5. The van der Waals surface area contributed by atoms with Crippen LogP contribution in [-0.4, -0.2) is 21.6 Å². The van der Waals surface area contributed by atoms with Crippen LogP contribution in [0.15, 0.2) is 11.0 Å². The molecule has 1 aliphatic carbocycles. The lowest BCUT2D eigenvalue weighted by Gasteiger charge is -2.16. The molecule has 0 saturated heterocycles. The van der Waals surface area contributed by atoms with E-state index in [-0.39, 0.29) is 10.9 Å². The normalized spacial score (nSPS) is 15.7. The molecule has 3 N–H and O–H groups in total. The summed E-state index contributed by atoms with van der Waals surface area (Å²) in [5.74, 6) is 0.510. The summed E-state index contributed by atoms with van der Waals surface area (Å²) >= 11 is 0. The molecule has 0 radical (unpaired) electrons. The molecular formula is C12H18N2O3S. The van der Waals surface area contributed by atoms with Gasteiger partial charge in [0.15, 0.2) is 0 Å². The van der Waals surface area contributed by atoms with Crippen LogP contribution in [-0.2, 0) is 10.0 Å². The average molecular weight is 270 g/mol. The molecule has 1 aromatic rings. The van der Waals surface area contributed by atoms with Crippen molar-refractivity contribution in [3.8, 4) is 5.75 Å². The molecule has 0 bridgehead atoms. The van der Waals surface area contributed by atoms with Crippen LogP contribution in [0.2, 0.25) is 0 Å². The molecule has 1 fully saturated rings. The maximum Gasteiger partial charge on any atom is 0.241 e. The number of rotatable bonds is 4. The zero-order valence-corrected chi connectivity index (χ0v) is 11.6. The number of nitrogen functional groups attached to an aromatic ring is 1. The molecule has 0 atom stereocenters. The SMILES string of the molecule is COc1cc(C)c(S(=O)(=O)NC2CC2)c(C)c1N. The predicted molar refractivity (Wildman–Crippen MR) is 70.2 cm³/mol. The summed E-state index contributed by atoms with van der Waals surface area (Å²) in [5.41, 5.74) is 7.45. The first kappa shape index (κ1) is 13.2. The van der Waals surface area contributed by atoms with Gasteiger partial charge in [-0.05, 0) is 43.9 Å². The topological polar surface area (TPSA) is 81.4 Å². The fourth-order valence-corrected chi connectivity index (χ4v) is 3.79. The number of sulfonamides is 1. The van der Waals surface area contributed by atoms with Gasteiger partial charge in [0.1, 0.15) is 5.75 Å². The number of methoxy groups -OCH3 is 1. The van der Waals surface area contributed by atoms with Gasteiger partial charge in [0.25, 0.3) is 0 Å². The predicted octanol–water partition coefficient (Wildman–Crippen LogP) is 1.33. The van der Waals surface area contributed by atoms with Crippen LogP contribution in [0, 0.1) is 13.8 Å². The Balaban J connectivity index is 2.53. The molecule has 1 aliphatic rings. The maximum atomic E-state index is 12.3. The lowest BCUT2D eigenvalue weighted by Crippen LogP contribution is -2.27. The van der Waals surface area contributed by atoms with Crippen LogP contribution in [0.3, 0.4) is 0 Å². The molecule has 0 spiro atoms. The molecule has 1 aromatic carbocycles. The second-order valence-corrected chi connectivity index (χ2v) is 6.31. The summed E-state index contributed by atoms with van der Waals surface area (Å²) in [5, 5.41) is 0. The minimum absolute atomic E-state index is 0.0807. The maximum absolute atomic E-state index is 12.3. The van der Waals surface area contributed by atoms with E-state index < -0.39 is 10.0 Å². The molecule has 0 unspecified atom stereocenters. The molecule has 0 aliphatic heterocycles. The summed E-state index contributed by atoms with van der Waals surface area (Å²) < 4.78 is 32.3. The van der Waals surface area contributed by atoms with Gasteiger partial charge >= 0.3 is 0 Å². The van der Waals surface area contributed by atoms with Crippen molar-refractivity contribution in [2.24, 2.45) is 0 Å². The third kappa shape index (κ3) is 2.30. The fourth-order valence-electron chi connectivity index (χ4n) is 2.00. The first-order valence-electron chi connectivity index (χ1n) is 5.83. The monoisotopic (exact) mass is 270 g/mol. The highest BCUT2D eigenvalue weighted by Gasteiger charge is 2.30. The highest BCUT2D eigenvalue weighted by Crippen LogP contribution is 2.34. The summed E-state index contributed by atoms with van der Waals surface area (Å²) in [4.78, 5) is 0.271. The first-order valence-corrected chi connectivity index (χ1v) is 7.31. The minimum atomic E-state index is -3.49. The van der Waals surface area contributed by atoms with Gasteiger partial charge in [-0.1, -0.05) is 0 Å². The second-order valence-electron chi connectivity index (χ2n) is 4.66. The number of nitrogens with two attached hydrogens (primary N) is 1. The number of hydrogen-bond donors (Lipinski definition) is 2. The Bertz CT molecular complexity index is 577. The van der Waals surface area contributed by atoms with E-state index in [1.807, 2.05) is 0 Å². The number of nitrogens with one attached hydrogen (secondary N) is 1. The van der Waals surface area contributed by atoms with Gasteiger partial charge in [0.2, 0.25) is 10.0 Å². The van der Waals surface area contributed by atoms with E-state index in [9.17, 15) is 8.42 Å². The Hall–Kier alpha value is -1.27. The van der Waals surface area contributed by atoms with E-state index in [0.717, 1.165) is 12.8 Å². The number of benzene rings is 1. The van der Waals surface area contributed by atoms with Gasteiger partial charge in [0, 0.05) is 6.04 Å². The van der Waals surface area contributed by atoms with E-state index in [1.165, 1.54) is 7.11 Å². The lowest BCUT2D eigenvalue weighted by atomic mass is 10.1. The molecule has 1 saturated carbocycles. The molecular weight excluding hydrogens is 252 g/mol. The van der Waals surface area contributed by atoms with E-state index >= 15 is 0 Å². The van der Waals surface area contributed by atoms with Crippen LogP contribution in [0.5, 0.6) is 5.75 Å². The third-order valence-electron chi connectivity index (χ3n) is 3.10. The number of anilines is 1. The van der Waals surface area contributed by atoms with Gasteiger partial charge in [-0.3, -0.25) is 0 Å². The molecule has 0 aromatic heterocycles. The molecule has 0 heterocycles.